The van der Waals surface area contributed by atoms with Crippen molar-refractivity contribution in [2.24, 2.45) is 0 Å². The summed E-state index contributed by atoms with van der Waals surface area (Å²) in [5, 5.41) is 15.5. The summed E-state index contributed by atoms with van der Waals surface area (Å²) in [6, 6.07) is 0. The van der Waals surface area contributed by atoms with Gasteiger partial charge in [-0.05, 0) is 20.8 Å². The topological polar surface area (TPSA) is 49.7 Å². The van der Waals surface area contributed by atoms with Crippen LogP contribution >= 0.6 is 0 Å². The van der Waals surface area contributed by atoms with Crippen molar-refractivity contribution < 1.29 is 15.6 Å². The van der Waals surface area contributed by atoms with E-state index in [4.69, 9.17) is 10.5 Å². The molecule has 0 saturated carbocycles. The van der Waals surface area contributed by atoms with Gasteiger partial charge >= 0.3 is 0 Å². The van der Waals surface area contributed by atoms with Gasteiger partial charge in [-0.3, -0.25) is 0 Å². The quantitative estimate of drug-likeness (QED) is 0.337. The molecule has 0 atom stereocenters. The fraction of sp³-hybridized carbons (Fsp3) is 0.333. The van der Waals surface area contributed by atoms with Crippen molar-refractivity contribution >= 4 is 0 Å². The van der Waals surface area contributed by atoms with Crippen molar-refractivity contribution in [2.45, 2.75) is 20.8 Å². The van der Waals surface area contributed by atoms with Gasteiger partial charge in [0.2, 0.25) is 0 Å². The highest BCUT2D eigenvalue weighted by Gasteiger charge is 1.27. The summed E-state index contributed by atoms with van der Waals surface area (Å²) in [5.74, 6) is 0. The summed E-state index contributed by atoms with van der Waals surface area (Å²) in [4.78, 5) is 0. The molecule has 0 unspecified atom stereocenters. The monoisotopic (exact) mass is 176 g/mol. The molecule has 0 rings (SSSR count). The summed E-state index contributed by atoms with van der Waals surface area (Å²) < 4.78 is 0. The van der Waals surface area contributed by atoms with Crippen LogP contribution < -0.4 is 0 Å². The molecule has 0 aromatic rings. The molecular formula is C9H20O3. The number of hydrogen-bond acceptors (Lipinski definition) is 3. The van der Waals surface area contributed by atoms with Gasteiger partial charge < -0.3 is 0 Å². The van der Waals surface area contributed by atoms with Crippen LogP contribution in [0.2, 0.25) is 0 Å². The Bertz CT molecular complexity index is 55.9. The molecule has 0 aromatic heterocycles. The van der Waals surface area contributed by atoms with Crippen LogP contribution in [0.4, 0.5) is 0 Å². The van der Waals surface area contributed by atoms with Gasteiger partial charge in [-0.15, -0.1) is 19.7 Å². The second-order valence-corrected chi connectivity index (χ2v) is 1.31. The second kappa shape index (κ2) is 87.0. The largest absolute Gasteiger partial charge is 0.221 e. The third-order valence-electron chi connectivity index (χ3n) is 0. The predicted octanol–water partition coefficient (Wildman–Crippen LogP) is 3.53. The molecule has 0 spiro atoms. The first-order valence-corrected chi connectivity index (χ1v) is 3.32. The van der Waals surface area contributed by atoms with Crippen LogP contribution in [0.5, 0.6) is 0 Å². The summed E-state index contributed by atoms with van der Waals surface area (Å²) >= 11 is 0. The van der Waals surface area contributed by atoms with E-state index in [1.807, 2.05) is 20.8 Å². The van der Waals surface area contributed by atoms with Crippen LogP contribution in [0, 0.1) is 0 Å². The van der Waals surface area contributed by atoms with Crippen LogP contribution in [0.1, 0.15) is 20.8 Å². The molecule has 3 nitrogen and oxygen atoms in total. The van der Waals surface area contributed by atoms with E-state index in [1.165, 1.54) is 0 Å². The zero-order valence-electron chi connectivity index (χ0n) is 8.16. The minimum Gasteiger partial charge on any atom is -0.221 e. The Morgan fingerprint density at radius 3 is 0.833 bits per heavy atom. The predicted molar refractivity (Wildman–Crippen MR) is 54.0 cm³/mol. The van der Waals surface area contributed by atoms with Crippen molar-refractivity contribution in [3.8, 4) is 0 Å². The Morgan fingerprint density at radius 1 is 0.833 bits per heavy atom. The minimum atomic E-state index is 1.75. The van der Waals surface area contributed by atoms with E-state index in [1.54, 1.807) is 18.2 Å². The van der Waals surface area contributed by atoms with E-state index < -0.39 is 0 Å². The van der Waals surface area contributed by atoms with Crippen LogP contribution in [-0.4, -0.2) is 10.5 Å². The maximum absolute atomic E-state index is 6.62. The van der Waals surface area contributed by atoms with Crippen LogP contribution in [-0.2, 0) is 5.04 Å². The summed E-state index contributed by atoms with van der Waals surface area (Å²) in [5.41, 5.74) is 0. The maximum Gasteiger partial charge on any atom is -0.0473 e. The summed E-state index contributed by atoms with van der Waals surface area (Å²) in [6.45, 7) is 15.8. The number of rotatable bonds is 0. The summed E-state index contributed by atoms with van der Waals surface area (Å²) in [6.07, 6.45) is 5.25. The lowest BCUT2D eigenvalue weighted by molar-refractivity contribution is -0.465. The van der Waals surface area contributed by atoms with Gasteiger partial charge in [0.15, 0.2) is 0 Å². The Hall–Kier alpha value is -0.900. The van der Waals surface area contributed by atoms with Crippen LogP contribution in [0.15, 0.2) is 38.0 Å². The highest BCUT2D eigenvalue weighted by Crippen LogP contribution is 1.38. The lowest BCUT2D eigenvalue weighted by Crippen LogP contribution is -1.60. The molecule has 0 fully saturated rings. The lowest BCUT2D eigenvalue weighted by atomic mass is 10.8. The van der Waals surface area contributed by atoms with Crippen molar-refractivity contribution in [3.05, 3.63) is 38.0 Å². The Morgan fingerprint density at radius 2 is 0.833 bits per heavy atom. The average Bonchev–Trinajstić information content (AvgIpc) is 1.92. The maximum atomic E-state index is 6.62. The van der Waals surface area contributed by atoms with E-state index in [-0.39, 0.29) is 0 Å². The van der Waals surface area contributed by atoms with E-state index in [0.29, 0.717) is 0 Å². The molecule has 2 N–H and O–H groups in total. The third kappa shape index (κ3) is 737. The molecule has 3 heteroatoms. The Kier molecular flexibility index (Phi) is 163. The molecule has 0 bridgehead atoms. The molecule has 0 aliphatic rings. The Labute approximate surface area is 75.2 Å². The number of hydrogen-bond donors (Lipinski definition) is 2. The van der Waals surface area contributed by atoms with Crippen molar-refractivity contribution in [1.82, 2.24) is 0 Å². The minimum absolute atomic E-state index is 1.75. The van der Waals surface area contributed by atoms with Crippen LogP contribution in [0.25, 0.3) is 0 Å². The van der Waals surface area contributed by atoms with E-state index >= 15 is 0 Å². The van der Waals surface area contributed by atoms with Gasteiger partial charge in [0.25, 0.3) is 0 Å². The fourth-order valence-corrected chi connectivity index (χ4v) is 0. The van der Waals surface area contributed by atoms with E-state index in [0.717, 1.165) is 0 Å². The van der Waals surface area contributed by atoms with Gasteiger partial charge in [-0.25, -0.2) is 10.5 Å². The lowest BCUT2D eigenvalue weighted by Gasteiger charge is -1.56. The van der Waals surface area contributed by atoms with Gasteiger partial charge in [0.05, 0.1) is 0 Å². The third-order valence-corrected chi connectivity index (χ3v) is 0. The highest BCUT2D eigenvalue weighted by molar-refractivity contribution is 4.52. The van der Waals surface area contributed by atoms with Gasteiger partial charge in [-0.1, -0.05) is 23.3 Å². The molecular weight excluding hydrogens is 156 g/mol. The highest BCUT2D eigenvalue weighted by atomic mass is 17.4. The molecule has 0 radical (unpaired) electrons. The smallest absolute Gasteiger partial charge is 0.0473 e. The van der Waals surface area contributed by atoms with Crippen molar-refractivity contribution in [2.75, 3.05) is 0 Å². The summed E-state index contributed by atoms with van der Waals surface area (Å²) in [7, 11) is 0. The molecule has 0 amide bonds. The van der Waals surface area contributed by atoms with Gasteiger partial charge in [0, 0.05) is 0 Å². The molecule has 12 heavy (non-hydrogen) atoms. The van der Waals surface area contributed by atoms with Crippen LogP contribution in [0.3, 0.4) is 0 Å². The van der Waals surface area contributed by atoms with Crippen molar-refractivity contribution in [3.63, 3.8) is 0 Å². The SMILES string of the molecule is C=CC.C=CC.C=CC.OOO. The van der Waals surface area contributed by atoms with Crippen molar-refractivity contribution in [1.29, 1.82) is 0 Å². The first-order valence-electron chi connectivity index (χ1n) is 3.32. The second-order valence-electron chi connectivity index (χ2n) is 1.31. The Balaban J connectivity index is -0.0000000356. The van der Waals surface area contributed by atoms with Gasteiger partial charge in [-0.2, -0.15) is 0 Å². The fourth-order valence-electron chi connectivity index (χ4n) is 0. The molecule has 0 aliphatic carbocycles. The zero-order valence-corrected chi connectivity index (χ0v) is 8.16. The standard InChI is InChI=1S/3C3H6.H2O3/c4*1-3-2/h3*3H,1H2,2H3;1-2H. The van der Waals surface area contributed by atoms with E-state index in [2.05, 4.69) is 24.8 Å². The molecule has 0 aromatic carbocycles. The molecule has 0 saturated heterocycles. The molecule has 0 heterocycles. The molecule has 74 valence electrons. The normalized spacial score (nSPS) is 4.75. The van der Waals surface area contributed by atoms with E-state index in [9.17, 15) is 0 Å². The first-order chi connectivity index (χ1) is 5.66. The zero-order chi connectivity index (χ0) is 10.8. The molecule has 0 aliphatic heterocycles. The number of allylic oxidation sites excluding steroid dienone is 3. The van der Waals surface area contributed by atoms with Gasteiger partial charge in [0.1, 0.15) is 0 Å². The first kappa shape index (κ1) is 22.5. The average molecular weight is 176 g/mol.